The molecule has 2 aliphatic carbocycles. The number of rotatable bonds is 6. The fraction of sp³-hybridized carbons (Fsp3) is 0.216. The molecule has 4 aromatic carbocycles. The van der Waals surface area contributed by atoms with Crippen LogP contribution in [-0.2, 0) is 15.1 Å². The predicted molar refractivity (Wildman–Crippen MR) is 167 cm³/mol. The summed E-state index contributed by atoms with van der Waals surface area (Å²) in [5.74, 6) is 0. The van der Waals surface area contributed by atoms with Gasteiger partial charge in [-0.05, 0) is 0 Å². The van der Waals surface area contributed by atoms with Gasteiger partial charge in [-0.3, -0.25) is 0 Å². The van der Waals surface area contributed by atoms with E-state index in [4.69, 9.17) is 4.26 Å². The van der Waals surface area contributed by atoms with Crippen molar-refractivity contribution in [2.75, 3.05) is 0 Å². The zero-order chi connectivity index (χ0) is 26.7. The molecule has 6 rings (SSSR count). The number of allylic oxidation sites excluding steroid dienone is 2. The van der Waals surface area contributed by atoms with Crippen LogP contribution in [0.2, 0.25) is 18.2 Å². The molecule has 0 aliphatic heterocycles. The molecule has 38 heavy (non-hydrogen) atoms. The third kappa shape index (κ3) is 3.54. The Morgan fingerprint density at radius 3 is 1.39 bits per heavy atom. The number of fused-ring (bicyclic) bond motifs is 2. The molecule has 0 bridgehead atoms. The van der Waals surface area contributed by atoms with E-state index in [0.29, 0.717) is 7.35 Å². The molecular weight excluding hydrogens is 623 g/mol. The molecule has 192 valence electrons. The standard InChI is InChI=1S/2C15H11.C3H7.3CH3.CH2.Hf/c2*1-2-6-12(7-3-1)14-10-4-8-13-9-5-11-15(13)14;1-3-2;;;;;/h2*1-11H;1,3H2,2H3;3*1H3;1H2;. The van der Waals surface area contributed by atoms with E-state index in [1.54, 1.807) is 0 Å². The predicted octanol–water partition coefficient (Wildman–Crippen LogP) is 11.0. The van der Waals surface area contributed by atoms with Gasteiger partial charge in [0.05, 0.1) is 0 Å². The molecule has 0 saturated heterocycles. The van der Waals surface area contributed by atoms with Gasteiger partial charge >= 0.3 is 224 Å². The average molecular weight is 663 g/mol. The molecule has 0 nitrogen and oxygen atoms in total. The van der Waals surface area contributed by atoms with E-state index in [2.05, 4.69) is 142 Å². The van der Waals surface area contributed by atoms with Crippen molar-refractivity contribution >= 4 is 16.4 Å². The third-order valence-corrected chi connectivity index (χ3v) is 47.1. The summed E-state index contributed by atoms with van der Waals surface area (Å²) < 4.78 is 15.4. The molecule has 0 heterocycles. The van der Waals surface area contributed by atoms with E-state index in [-0.39, 0.29) is 0 Å². The molecule has 2 aliphatic rings. The Bertz CT molecular complexity index is 1630. The minimum atomic E-state index is -5.08. The summed E-state index contributed by atoms with van der Waals surface area (Å²) in [6, 6.07) is 35.5. The van der Waals surface area contributed by atoms with Crippen LogP contribution in [0.1, 0.15) is 42.9 Å². The fourth-order valence-electron chi connectivity index (χ4n) is 8.64. The van der Waals surface area contributed by atoms with Gasteiger partial charge in [0, 0.05) is 0 Å². The van der Waals surface area contributed by atoms with Crippen LogP contribution in [0.5, 0.6) is 0 Å². The molecule has 0 radical (unpaired) electrons. The van der Waals surface area contributed by atoms with E-state index < -0.39 is 15.1 Å². The van der Waals surface area contributed by atoms with Crippen LogP contribution in [0.4, 0.5) is 0 Å². The van der Waals surface area contributed by atoms with E-state index in [1.807, 2.05) is 0 Å². The van der Waals surface area contributed by atoms with Crippen molar-refractivity contribution in [2.45, 2.75) is 38.9 Å². The summed E-state index contributed by atoms with van der Waals surface area (Å²) in [7, 11) is 0. The van der Waals surface area contributed by atoms with Gasteiger partial charge in [0.25, 0.3) is 0 Å². The summed E-state index contributed by atoms with van der Waals surface area (Å²) in [5, 5.41) is 0. The van der Waals surface area contributed by atoms with Gasteiger partial charge in [-0.1, -0.05) is 0 Å². The Kier molecular flexibility index (Phi) is 5.08. The Balaban J connectivity index is 1.58. The molecule has 0 saturated carbocycles. The number of hydrogen-bond donors (Lipinski definition) is 0. The van der Waals surface area contributed by atoms with Crippen LogP contribution < -0.4 is 0 Å². The topological polar surface area (TPSA) is 0 Å². The second-order valence-electron chi connectivity index (χ2n) is 15.4. The first-order valence-electron chi connectivity index (χ1n) is 14.3. The van der Waals surface area contributed by atoms with Gasteiger partial charge in [-0.2, -0.15) is 0 Å². The zero-order valence-electron chi connectivity index (χ0n) is 23.3. The maximum absolute atomic E-state index is 5.62. The first kappa shape index (κ1) is 25.4. The Labute approximate surface area is 222 Å². The maximum atomic E-state index is 5.62. The average Bonchev–Trinajstić information content (AvgIpc) is 3.56. The Morgan fingerprint density at radius 1 is 0.579 bits per heavy atom. The number of benzene rings is 4. The van der Waals surface area contributed by atoms with Crippen LogP contribution in [0.15, 0.2) is 109 Å². The second-order valence-corrected chi connectivity index (χ2v) is 69.0. The van der Waals surface area contributed by atoms with E-state index in [0.717, 1.165) is 10.6 Å². The van der Waals surface area contributed by atoms with E-state index in [1.165, 1.54) is 44.5 Å². The van der Waals surface area contributed by atoms with Gasteiger partial charge < -0.3 is 0 Å². The van der Waals surface area contributed by atoms with Crippen molar-refractivity contribution < 1.29 is 15.1 Å². The van der Waals surface area contributed by atoms with E-state index >= 15 is 0 Å². The molecule has 0 N–H and O–H groups in total. The molecule has 0 amide bonds. The molecule has 4 aromatic rings. The van der Waals surface area contributed by atoms with Crippen molar-refractivity contribution in [3.05, 3.63) is 131 Å². The number of hydrogen-bond acceptors (Lipinski definition) is 0. The quantitative estimate of drug-likeness (QED) is 0.180. The summed E-state index contributed by atoms with van der Waals surface area (Å²) in [5.41, 5.74) is 10.9. The summed E-state index contributed by atoms with van der Waals surface area (Å²) in [6.07, 6.45) is 11.0. The second kappa shape index (κ2) is 7.60. The van der Waals surface area contributed by atoms with Crippen molar-refractivity contribution in [1.29, 1.82) is 0 Å². The first-order chi connectivity index (χ1) is 18.0. The van der Waals surface area contributed by atoms with Gasteiger partial charge in [-0.25, -0.2) is 0 Å². The fourth-order valence-corrected chi connectivity index (χ4v) is 41.6. The van der Waals surface area contributed by atoms with Gasteiger partial charge in [-0.15, -0.1) is 0 Å². The molecule has 0 spiro atoms. The van der Waals surface area contributed by atoms with Crippen LogP contribution in [0.3, 0.4) is 0 Å². The molecule has 0 aromatic heterocycles. The minimum absolute atomic E-state index is 0.318. The SMILES string of the molecule is [CH2]=[Hf]([CH3])([CH3])([CH3])([CH2]CC)([CH]1C=Cc2c(-c3ccccc3)cccc21)[CH]1C=Cc2c(-c3ccccc3)cccc21. The summed E-state index contributed by atoms with van der Waals surface area (Å²) >= 11 is -5.08. The molecule has 2 atom stereocenters. The van der Waals surface area contributed by atoms with E-state index in [9.17, 15) is 0 Å². The Morgan fingerprint density at radius 2 is 1.00 bits per heavy atom. The molecular formula is C37H40Hf. The molecule has 0 fully saturated rings. The monoisotopic (exact) mass is 664 g/mol. The zero-order valence-corrected chi connectivity index (χ0v) is 26.9. The summed E-state index contributed by atoms with van der Waals surface area (Å²) in [4.78, 5) is 0. The van der Waals surface area contributed by atoms with Crippen molar-refractivity contribution in [3.63, 3.8) is 0 Å². The van der Waals surface area contributed by atoms with Crippen molar-refractivity contribution in [2.24, 2.45) is 0 Å². The molecule has 1 heteroatoms. The van der Waals surface area contributed by atoms with Gasteiger partial charge in [0.2, 0.25) is 0 Å². The molecule has 2 unspecified atom stereocenters. The van der Waals surface area contributed by atoms with Crippen LogP contribution in [0, 0.1) is 0 Å². The van der Waals surface area contributed by atoms with Crippen molar-refractivity contribution in [1.82, 2.24) is 0 Å². The van der Waals surface area contributed by atoms with Crippen molar-refractivity contribution in [3.8, 4) is 22.3 Å². The van der Waals surface area contributed by atoms with Crippen LogP contribution in [-0.4, -0.2) is 4.26 Å². The van der Waals surface area contributed by atoms with Crippen LogP contribution in [0.25, 0.3) is 34.4 Å². The van der Waals surface area contributed by atoms with Crippen LogP contribution >= 0.6 is 0 Å². The summed E-state index contributed by atoms with van der Waals surface area (Å²) in [6.45, 7) is 2.36. The first-order valence-corrected chi connectivity index (χ1v) is 34.3. The Hall–Kier alpha value is -2.90. The van der Waals surface area contributed by atoms with Gasteiger partial charge in [0.15, 0.2) is 0 Å². The normalized spacial score (nSPS) is 20.7. The third-order valence-electron chi connectivity index (χ3n) is 10.6. The van der Waals surface area contributed by atoms with Gasteiger partial charge in [0.1, 0.15) is 0 Å².